The number of pyridine rings is 1. The Bertz CT molecular complexity index is 1650. The zero-order valence-electron chi connectivity index (χ0n) is 24.9. The fraction of sp³-hybridized carbons (Fsp3) is 0.412. The Morgan fingerprint density at radius 1 is 1.12 bits per heavy atom. The SMILES string of the molecule is C=CC(=O)N1CCN(c2c(C#N)c(OC3CCN(C)C3)nc3c2CCN(c2cccc4cccc(C)c24)C3)CC1CC#N. The first-order valence-corrected chi connectivity index (χ1v) is 15.0. The molecule has 0 bridgehead atoms. The van der Waals surface area contributed by atoms with Crippen LogP contribution in [0.2, 0.25) is 0 Å². The molecule has 220 valence electrons. The standard InChI is InChI=1S/C34H37N7O2/c1-4-31(42)41-18-17-40(20-25(41)11-14-35)33-27-13-16-39(30-10-6-9-24-8-5-7-23(2)32(24)30)22-29(27)37-34(28(33)19-36)43-26-12-15-38(3)21-26/h4-10,25-26H,1,11-13,15-18,20-22H2,2-3H3. The lowest BCUT2D eigenvalue weighted by Crippen LogP contribution is -2.55. The van der Waals surface area contributed by atoms with E-state index in [0.29, 0.717) is 37.6 Å². The summed E-state index contributed by atoms with van der Waals surface area (Å²) in [7, 11) is 2.07. The summed E-state index contributed by atoms with van der Waals surface area (Å²) in [4.78, 5) is 26.2. The van der Waals surface area contributed by atoms with Gasteiger partial charge in [-0.15, -0.1) is 0 Å². The molecule has 1 aromatic heterocycles. The molecule has 2 fully saturated rings. The predicted molar refractivity (Wildman–Crippen MR) is 167 cm³/mol. The molecular weight excluding hydrogens is 538 g/mol. The summed E-state index contributed by atoms with van der Waals surface area (Å²) in [5.41, 5.74) is 5.67. The number of rotatable bonds is 6. The fourth-order valence-electron chi connectivity index (χ4n) is 6.94. The minimum Gasteiger partial charge on any atom is -0.472 e. The van der Waals surface area contributed by atoms with E-state index in [9.17, 15) is 15.3 Å². The van der Waals surface area contributed by atoms with Crippen LogP contribution >= 0.6 is 0 Å². The lowest BCUT2D eigenvalue weighted by molar-refractivity contribution is -0.128. The number of likely N-dealkylation sites (N-methyl/N-ethyl adjacent to an activating group) is 1. The van der Waals surface area contributed by atoms with E-state index in [-0.39, 0.29) is 24.5 Å². The van der Waals surface area contributed by atoms with E-state index >= 15 is 0 Å². The molecule has 2 atom stereocenters. The van der Waals surface area contributed by atoms with Crippen molar-refractivity contribution in [2.24, 2.45) is 0 Å². The third kappa shape index (κ3) is 5.37. The number of piperazine rings is 1. The van der Waals surface area contributed by atoms with Gasteiger partial charge in [-0.25, -0.2) is 4.98 Å². The maximum absolute atomic E-state index is 12.6. The number of carbonyl (C=O) groups is 1. The smallest absolute Gasteiger partial charge is 0.246 e. The number of aryl methyl sites for hydroxylation is 1. The largest absolute Gasteiger partial charge is 0.472 e. The van der Waals surface area contributed by atoms with Crippen LogP contribution in [0, 0.1) is 29.6 Å². The number of nitriles is 2. The Labute approximate surface area is 253 Å². The van der Waals surface area contributed by atoms with Gasteiger partial charge in [0.25, 0.3) is 0 Å². The van der Waals surface area contributed by atoms with Crippen LogP contribution in [0.15, 0.2) is 49.1 Å². The Morgan fingerprint density at radius 2 is 1.93 bits per heavy atom. The highest BCUT2D eigenvalue weighted by Crippen LogP contribution is 2.40. The number of fused-ring (bicyclic) bond motifs is 2. The van der Waals surface area contributed by atoms with E-state index in [1.165, 1.54) is 28.1 Å². The Kier molecular flexibility index (Phi) is 7.92. The van der Waals surface area contributed by atoms with Gasteiger partial charge in [0.1, 0.15) is 17.7 Å². The number of hydrogen-bond donors (Lipinski definition) is 0. The first-order chi connectivity index (χ1) is 20.9. The van der Waals surface area contributed by atoms with Gasteiger partial charge in [0.2, 0.25) is 11.8 Å². The number of benzene rings is 2. The Morgan fingerprint density at radius 3 is 2.65 bits per heavy atom. The molecule has 0 aliphatic carbocycles. The molecule has 3 aromatic rings. The van der Waals surface area contributed by atoms with Gasteiger partial charge < -0.3 is 24.3 Å². The minimum atomic E-state index is -0.300. The van der Waals surface area contributed by atoms with Crippen LogP contribution in [0.5, 0.6) is 5.88 Å². The molecule has 3 aliphatic heterocycles. The molecule has 6 rings (SSSR count). The van der Waals surface area contributed by atoms with Crippen molar-refractivity contribution in [1.29, 1.82) is 10.5 Å². The lowest BCUT2D eigenvalue weighted by atomic mass is 9.95. The Hall–Kier alpha value is -4.60. The third-order valence-electron chi connectivity index (χ3n) is 9.05. The molecule has 9 nitrogen and oxygen atoms in total. The van der Waals surface area contributed by atoms with Crippen LogP contribution < -0.4 is 14.5 Å². The van der Waals surface area contributed by atoms with Gasteiger partial charge in [0.05, 0.1) is 36.5 Å². The first-order valence-electron chi connectivity index (χ1n) is 15.0. The van der Waals surface area contributed by atoms with Gasteiger partial charge >= 0.3 is 0 Å². The Balaban J connectivity index is 1.42. The number of carbonyl (C=O) groups excluding carboxylic acids is 1. The van der Waals surface area contributed by atoms with Crippen LogP contribution in [-0.2, 0) is 17.8 Å². The highest BCUT2D eigenvalue weighted by Gasteiger charge is 2.35. The molecule has 2 unspecified atom stereocenters. The van der Waals surface area contributed by atoms with Gasteiger partial charge in [0.15, 0.2) is 0 Å². The van der Waals surface area contributed by atoms with Crippen molar-refractivity contribution in [2.45, 2.75) is 44.9 Å². The highest BCUT2D eigenvalue weighted by molar-refractivity contribution is 5.97. The number of nitrogens with zero attached hydrogens (tertiary/aromatic N) is 7. The summed E-state index contributed by atoms with van der Waals surface area (Å²) in [6, 6.07) is 17.2. The lowest BCUT2D eigenvalue weighted by Gasteiger charge is -2.43. The molecular formula is C34H37N7O2. The van der Waals surface area contributed by atoms with Crippen molar-refractivity contribution in [2.75, 3.05) is 56.1 Å². The van der Waals surface area contributed by atoms with Gasteiger partial charge in [-0.2, -0.15) is 10.5 Å². The van der Waals surface area contributed by atoms with E-state index in [2.05, 4.69) is 83.8 Å². The zero-order chi connectivity index (χ0) is 30.1. The summed E-state index contributed by atoms with van der Waals surface area (Å²) >= 11 is 0. The molecule has 3 aliphatic rings. The molecule has 4 heterocycles. The molecule has 1 amide bonds. The number of anilines is 2. The van der Waals surface area contributed by atoms with Crippen molar-refractivity contribution < 1.29 is 9.53 Å². The number of amides is 1. The fourth-order valence-corrected chi connectivity index (χ4v) is 6.94. The summed E-state index contributed by atoms with van der Waals surface area (Å²) in [6.45, 7) is 10.4. The average Bonchev–Trinajstić information content (AvgIpc) is 3.43. The molecule has 0 spiro atoms. The minimum absolute atomic E-state index is 0.0377. The van der Waals surface area contributed by atoms with E-state index in [1.54, 1.807) is 4.90 Å². The summed E-state index contributed by atoms with van der Waals surface area (Å²) in [5.74, 6) is 0.210. The van der Waals surface area contributed by atoms with Crippen LogP contribution in [0.3, 0.4) is 0 Å². The van der Waals surface area contributed by atoms with E-state index in [0.717, 1.165) is 49.4 Å². The second kappa shape index (κ2) is 11.9. The molecule has 2 saturated heterocycles. The molecule has 43 heavy (non-hydrogen) atoms. The predicted octanol–water partition coefficient (Wildman–Crippen LogP) is 4.18. The van der Waals surface area contributed by atoms with Crippen molar-refractivity contribution in [3.05, 3.63) is 71.4 Å². The van der Waals surface area contributed by atoms with Gasteiger partial charge in [-0.3, -0.25) is 4.79 Å². The molecule has 9 heteroatoms. The molecule has 0 N–H and O–H groups in total. The molecule has 0 radical (unpaired) electrons. The van der Waals surface area contributed by atoms with Crippen molar-refractivity contribution in [3.63, 3.8) is 0 Å². The topological polar surface area (TPSA) is 99.7 Å². The van der Waals surface area contributed by atoms with Gasteiger partial charge in [-0.05, 0) is 49.9 Å². The van der Waals surface area contributed by atoms with E-state index in [4.69, 9.17) is 9.72 Å². The maximum Gasteiger partial charge on any atom is 0.246 e. The second-order valence-electron chi connectivity index (χ2n) is 11.8. The number of aromatic nitrogens is 1. The quantitative estimate of drug-likeness (QED) is 0.404. The molecule has 2 aromatic carbocycles. The normalized spacial score (nSPS) is 20.4. The summed E-state index contributed by atoms with van der Waals surface area (Å²) in [5, 5.41) is 22.6. The van der Waals surface area contributed by atoms with Crippen molar-refractivity contribution in [1.82, 2.24) is 14.8 Å². The average molecular weight is 576 g/mol. The van der Waals surface area contributed by atoms with Crippen LogP contribution in [0.1, 0.15) is 35.2 Å². The number of hydrogen-bond acceptors (Lipinski definition) is 8. The first kappa shape index (κ1) is 28.5. The van der Waals surface area contributed by atoms with Gasteiger partial charge in [-0.1, -0.05) is 36.9 Å². The highest BCUT2D eigenvalue weighted by atomic mass is 16.5. The van der Waals surface area contributed by atoms with Crippen LogP contribution in [-0.4, -0.2) is 79.2 Å². The third-order valence-corrected chi connectivity index (χ3v) is 9.05. The van der Waals surface area contributed by atoms with E-state index in [1.807, 2.05) is 0 Å². The summed E-state index contributed by atoms with van der Waals surface area (Å²) in [6.07, 6.45) is 3.07. The number of likely N-dealkylation sites (tertiary alicyclic amines) is 1. The second-order valence-corrected chi connectivity index (χ2v) is 11.8. The zero-order valence-corrected chi connectivity index (χ0v) is 24.9. The van der Waals surface area contributed by atoms with Crippen LogP contribution in [0.25, 0.3) is 10.8 Å². The number of ether oxygens (including phenoxy) is 1. The van der Waals surface area contributed by atoms with Gasteiger partial charge in [0, 0.05) is 55.9 Å². The monoisotopic (exact) mass is 575 g/mol. The van der Waals surface area contributed by atoms with Crippen molar-refractivity contribution >= 4 is 28.1 Å². The molecule has 0 saturated carbocycles. The summed E-state index contributed by atoms with van der Waals surface area (Å²) < 4.78 is 6.50. The van der Waals surface area contributed by atoms with E-state index < -0.39 is 0 Å². The van der Waals surface area contributed by atoms with Crippen molar-refractivity contribution in [3.8, 4) is 18.0 Å². The maximum atomic E-state index is 12.6. The van der Waals surface area contributed by atoms with Crippen LogP contribution in [0.4, 0.5) is 11.4 Å².